The van der Waals surface area contributed by atoms with Crippen molar-refractivity contribution in [2.75, 3.05) is 39.8 Å². The van der Waals surface area contributed by atoms with Gasteiger partial charge in [0.15, 0.2) is 0 Å². The Morgan fingerprint density at radius 1 is 1.35 bits per heavy atom. The normalized spacial score (nSPS) is 20.2. The van der Waals surface area contributed by atoms with Crippen LogP contribution in [-0.2, 0) is 4.79 Å². The Kier molecular flexibility index (Phi) is 5.92. The molecule has 0 bridgehead atoms. The second-order valence-corrected chi connectivity index (χ2v) is 5.49. The van der Waals surface area contributed by atoms with Gasteiger partial charge in [0, 0.05) is 19.5 Å². The molecule has 0 aromatic rings. The van der Waals surface area contributed by atoms with Gasteiger partial charge in [-0.15, -0.1) is 0 Å². The van der Waals surface area contributed by atoms with Crippen molar-refractivity contribution in [3.8, 4) is 0 Å². The lowest BCUT2D eigenvalue weighted by atomic mass is 9.80. The topological polar surface area (TPSA) is 44.4 Å². The minimum absolute atomic E-state index is 0.172. The number of carbonyl (C=O) groups is 1. The molecule has 1 amide bonds. The highest BCUT2D eigenvalue weighted by atomic mass is 16.1. The van der Waals surface area contributed by atoms with Crippen LogP contribution in [0.1, 0.15) is 33.1 Å². The van der Waals surface area contributed by atoms with Crippen LogP contribution in [0.4, 0.5) is 0 Å². The van der Waals surface area contributed by atoms with Gasteiger partial charge in [0.25, 0.3) is 0 Å². The van der Waals surface area contributed by atoms with Crippen molar-refractivity contribution >= 4 is 5.91 Å². The summed E-state index contributed by atoms with van der Waals surface area (Å²) in [5.74, 6) is 0.172. The van der Waals surface area contributed by atoms with E-state index >= 15 is 0 Å². The smallest absolute Gasteiger partial charge is 0.221 e. The maximum Gasteiger partial charge on any atom is 0.221 e. The fourth-order valence-corrected chi connectivity index (χ4v) is 2.11. The van der Waals surface area contributed by atoms with Crippen LogP contribution in [0, 0.1) is 5.41 Å². The zero-order chi connectivity index (χ0) is 12.7. The summed E-state index contributed by atoms with van der Waals surface area (Å²) in [6.07, 6.45) is 2.94. The molecular weight excluding hydrogens is 214 g/mol. The highest BCUT2D eigenvalue weighted by molar-refractivity contribution is 5.76. The van der Waals surface area contributed by atoms with E-state index in [4.69, 9.17) is 0 Å². The Morgan fingerprint density at radius 2 is 2.00 bits per heavy atom. The summed E-state index contributed by atoms with van der Waals surface area (Å²) in [5, 5.41) is 6.23. The molecule has 1 saturated heterocycles. The first-order valence-electron chi connectivity index (χ1n) is 6.72. The molecule has 4 nitrogen and oxygen atoms in total. The Bertz CT molecular complexity index is 235. The van der Waals surface area contributed by atoms with Gasteiger partial charge in [0.05, 0.1) is 0 Å². The second kappa shape index (κ2) is 6.97. The zero-order valence-electron chi connectivity index (χ0n) is 11.5. The average Bonchev–Trinajstić information content (AvgIpc) is 2.32. The lowest BCUT2D eigenvalue weighted by molar-refractivity contribution is -0.121. The first kappa shape index (κ1) is 14.5. The number of hydrogen-bond donors (Lipinski definition) is 2. The van der Waals surface area contributed by atoms with Crippen molar-refractivity contribution in [2.45, 2.75) is 33.1 Å². The van der Waals surface area contributed by atoms with Crippen molar-refractivity contribution < 1.29 is 4.79 Å². The van der Waals surface area contributed by atoms with Crippen molar-refractivity contribution in [3.63, 3.8) is 0 Å². The maximum absolute atomic E-state index is 11.6. The molecule has 0 aromatic heterocycles. The summed E-state index contributed by atoms with van der Waals surface area (Å²) in [6, 6.07) is 0. The quantitative estimate of drug-likeness (QED) is 0.677. The Balaban J connectivity index is 2.18. The molecule has 1 heterocycles. The molecule has 0 aliphatic carbocycles. The molecule has 0 saturated carbocycles. The van der Waals surface area contributed by atoms with Crippen LogP contribution in [0.15, 0.2) is 0 Å². The molecule has 4 heteroatoms. The summed E-state index contributed by atoms with van der Waals surface area (Å²) >= 11 is 0. The van der Waals surface area contributed by atoms with E-state index in [1.54, 1.807) is 0 Å². The van der Waals surface area contributed by atoms with Crippen LogP contribution in [0.3, 0.4) is 0 Å². The van der Waals surface area contributed by atoms with Crippen LogP contribution in [0.25, 0.3) is 0 Å². The highest BCUT2D eigenvalue weighted by Gasteiger charge is 2.28. The van der Waals surface area contributed by atoms with Crippen LogP contribution in [-0.4, -0.2) is 50.6 Å². The van der Waals surface area contributed by atoms with E-state index in [1.165, 1.54) is 12.8 Å². The molecule has 0 radical (unpaired) electrons. The molecule has 2 N–H and O–H groups in total. The van der Waals surface area contributed by atoms with Crippen LogP contribution < -0.4 is 10.6 Å². The van der Waals surface area contributed by atoms with E-state index in [2.05, 4.69) is 36.4 Å². The maximum atomic E-state index is 11.6. The van der Waals surface area contributed by atoms with Gasteiger partial charge in [-0.05, 0) is 44.9 Å². The molecule has 1 aliphatic rings. The van der Waals surface area contributed by atoms with Gasteiger partial charge in [0.2, 0.25) is 5.91 Å². The Hall–Kier alpha value is -0.610. The molecule has 100 valence electrons. The number of amides is 1. The van der Waals surface area contributed by atoms with Gasteiger partial charge in [-0.1, -0.05) is 13.8 Å². The van der Waals surface area contributed by atoms with Crippen molar-refractivity contribution in [2.24, 2.45) is 5.41 Å². The van der Waals surface area contributed by atoms with E-state index < -0.39 is 0 Å². The zero-order valence-corrected chi connectivity index (χ0v) is 11.5. The summed E-state index contributed by atoms with van der Waals surface area (Å²) in [4.78, 5) is 14.0. The highest BCUT2D eigenvalue weighted by Crippen LogP contribution is 2.29. The van der Waals surface area contributed by atoms with Crippen LogP contribution in [0.2, 0.25) is 0 Å². The number of rotatable bonds is 6. The van der Waals surface area contributed by atoms with Crippen molar-refractivity contribution in [3.05, 3.63) is 0 Å². The fraction of sp³-hybridized carbons (Fsp3) is 0.923. The lowest BCUT2D eigenvalue weighted by Gasteiger charge is -2.37. The summed E-state index contributed by atoms with van der Waals surface area (Å²) in [5.41, 5.74) is 0.292. The number of nitrogens with zero attached hydrogens (tertiary/aromatic N) is 1. The molecular formula is C13H27N3O. The predicted molar refractivity (Wildman–Crippen MR) is 71.0 cm³/mol. The SMILES string of the molecule is CCNCCC(=O)NCC1(C)CCN(C)CC1. The monoisotopic (exact) mass is 241 g/mol. The summed E-state index contributed by atoms with van der Waals surface area (Å²) < 4.78 is 0. The van der Waals surface area contributed by atoms with Crippen molar-refractivity contribution in [1.29, 1.82) is 0 Å². The van der Waals surface area contributed by atoms with Gasteiger partial charge >= 0.3 is 0 Å². The predicted octanol–water partition coefficient (Wildman–Crippen LogP) is 0.834. The third kappa shape index (κ3) is 5.50. The summed E-state index contributed by atoms with van der Waals surface area (Å²) in [7, 11) is 2.16. The van der Waals surface area contributed by atoms with Crippen LogP contribution in [0.5, 0.6) is 0 Å². The molecule has 0 spiro atoms. The molecule has 17 heavy (non-hydrogen) atoms. The number of nitrogens with one attached hydrogen (secondary N) is 2. The largest absolute Gasteiger partial charge is 0.356 e. The van der Waals surface area contributed by atoms with E-state index in [9.17, 15) is 4.79 Å². The first-order chi connectivity index (χ1) is 8.06. The molecule has 0 atom stereocenters. The molecule has 1 fully saturated rings. The number of likely N-dealkylation sites (tertiary alicyclic amines) is 1. The standard InChI is InChI=1S/C13H27N3O/c1-4-14-8-5-12(17)15-11-13(2)6-9-16(3)10-7-13/h14H,4-11H2,1-3H3,(H,15,17). The van der Waals surface area contributed by atoms with Crippen molar-refractivity contribution in [1.82, 2.24) is 15.5 Å². The number of carbonyl (C=O) groups excluding carboxylic acids is 1. The molecule has 0 aromatic carbocycles. The molecule has 0 unspecified atom stereocenters. The number of piperidine rings is 1. The first-order valence-corrected chi connectivity index (χ1v) is 6.72. The third-order valence-electron chi connectivity index (χ3n) is 3.69. The van der Waals surface area contributed by atoms with Gasteiger partial charge in [-0.25, -0.2) is 0 Å². The minimum Gasteiger partial charge on any atom is -0.356 e. The second-order valence-electron chi connectivity index (χ2n) is 5.49. The van der Waals surface area contributed by atoms with E-state index in [0.717, 1.165) is 32.7 Å². The van der Waals surface area contributed by atoms with Gasteiger partial charge in [0.1, 0.15) is 0 Å². The van der Waals surface area contributed by atoms with Gasteiger partial charge in [-0.3, -0.25) is 4.79 Å². The third-order valence-corrected chi connectivity index (χ3v) is 3.69. The summed E-state index contributed by atoms with van der Waals surface area (Å²) in [6.45, 7) is 9.15. The minimum atomic E-state index is 0.172. The van der Waals surface area contributed by atoms with E-state index in [1.807, 2.05) is 0 Å². The fourth-order valence-electron chi connectivity index (χ4n) is 2.11. The Labute approximate surface area is 105 Å². The molecule has 1 rings (SSSR count). The van der Waals surface area contributed by atoms with E-state index in [0.29, 0.717) is 11.8 Å². The lowest BCUT2D eigenvalue weighted by Crippen LogP contribution is -2.43. The van der Waals surface area contributed by atoms with Gasteiger partial charge < -0.3 is 15.5 Å². The van der Waals surface area contributed by atoms with Crippen LogP contribution >= 0.6 is 0 Å². The number of hydrogen-bond acceptors (Lipinski definition) is 3. The van der Waals surface area contributed by atoms with E-state index in [-0.39, 0.29) is 5.91 Å². The Morgan fingerprint density at radius 3 is 2.59 bits per heavy atom. The average molecular weight is 241 g/mol. The molecule has 1 aliphatic heterocycles. The van der Waals surface area contributed by atoms with Gasteiger partial charge in [-0.2, -0.15) is 0 Å².